The second kappa shape index (κ2) is 9.38. The molecule has 0 unspecified atom stereocenters. The van der Waals surface area contributed by atoms with Crippen molar-refractivity contribution in [3.8, 4) is 17.2 Å². The Hall–Kier alpha value is -2.92. The molecule has 0 spiro atoms. The zero-order chi connectivity index (χ0) is 24.6. The molecule has 0 bridgehead atoms. The van der Waals surface area contributed by atoms with Crippen LogP contribution in [0.5, 0.6) is 11.5 Å². The molecule has 0 aliphatic carbocycles. The molecule has 12 heteroatoms. The van der Waals surface area contributed by atoms with Crippen molar-refractivity contribution >= 4 is 29.3 Å². The molecule has 0 saturated heterocycles. The van der Waals surface area contributed by atoms with Gasteiger partial charge in [-0.25, -0.2) is 0 Å². The summed E-state index contributed by atoms with van der Waals surface area (Å²) in [4.78, 5) is 11.3. The van der Waals surface area contributed by atoms with E-state index in [1.54, 1.807) is 24.3 Å². The first kappa shape index (κ1) is 24.2. The van der Waals surface area contributed by atoms with Crippen molar-refractivity contribution in [2.75, 3.05) is 14.2 Å². The lowest BCUT2D eigenvalue weighted by molar-refractivity contribution is -0.146. The van der Waals surface area contributed by atoms with Gasteiger partial charge in [-0.15, -0.1) is 22.0 Å². The molecular formula is C22H19ClF3N3O4S. The van der Waals surface area contributed by atoms with Gasteiger partial charge in [0.25, 0.3) is 0 Å². The van der Waals surface area contributed by atoms with Crippen molar-refractivity contribution in [2.45, 2.75) is 29.5 Å². The van der Waals surface area contributed by atoms with Gasteiger partial charge < -0.3 is 14.6 Å². The van der Waals surface area contributed by atoms with E-state index in [9.17, 15) is 23.1 Å². The highest BCUT2D eigenvalue weighted by atomic mass is 35.5. The quantitative estimate of drug-likeness (QED) is 0.452. The summed E-state index contributed by atoms with van der Waals surface area (Å²) in [6.45, 7) is 0. The van der Waals surface area contributed by atoms with Crippen LogP contribution in [0, 0.1) is 0 Å². The van der Waals surface area contributed by atoms with E-state index >= 15 is 0 Å². The molecule has 7 nitrogen and oxygen atoms in total. The number of carboxylic acid groups (broad SMARTS) is 1. The van der Waals surface area contributed by atoms with Crippen LogP contribution < -0.4 is 9.47 Å². The predicted molar refractivity (Wildman–Crippen MR) is 120 cm³/mol. The molecular weight excluding hydrogens is 495 g/mol. The Bertz CT molecular complexity index is 1230. The lowest BCUT2D eigenvalue weighted by Gasteiger charge is -2.23. The zero-order valence-corrected chi connectivity index (χ0v) is 19.5. The minimum absolute atomic E-state index is 0.0199. The number of ether oxygens (including phenoxy) is 2. The Morgan fingerprint density at radius 3 is 2.59 bits per heavy atom. The highest BCUT2D eigenvalue weighted by Gasteiger charge is 2.43. The van der Waals surface area contributed by atoms with Crippen molar-refractivity contribution in [3.63, 3.8) is 0 Å². The van der Waals surface area contributed by atoms with E-state index in [0.717, 1.165) is 4.57 Å². The number of fused-ring (bicyclic) bond motifs is 3. The lowest BCUT2D eigenvalue weighted by atomic mass is 10.0. The normalized spacial score (nSPS) is 17.5. The van der Waals surface area contributed by atoms with Gasteiger partial charge in [-0.3, -0.25) is 9.36 Å². The topological polar surface area (TPSA) is 86.5 Å². The fourth-order valence-corrected chi connectivity index (χ4v) is 5.68. The second-order valence-corrected chi connectivity index (χ2v) is 9.19. The standard InChI is InChI=1S/C22H19ClF3N3O4S/c1-32-15-5-3-4-12(18(15)33-2)19-13-10-11(23)6-7-14(13)29-20(16(34-19)8-9-17(30)31)27-28-21(29)22(24,25)26/h3-7,10,16,19H,8-9H2,1-2H3,(H,30,31)/t16-,19-/m0/s1. The molecule has 0 radical (unpaired) electrons. The predicted octanol–water partition coefficient (Wildman–Crippen LogP) is 5.70. The number of hydrogen-bond donors (Lipinski definition) is 1. The van der Waals surface area contributed by atoms with Crippen LogP contribution in [0.2, 0.25) is 5.02 Å². The van der Waals surface area contributed by atoms with Crippen molar-refractivity contribution < 1.29 is 32.5 Å². The van der Waals surface area contributed by atoms with E-state index in [1.807, 2.05) is 0 Å². The van der Waals surface area contributed by atoms with Crippen LogP contribution in [-0.4, -0.2) is 40.1 Å². The van der Waals surface area contributed by atoms with E-state index in [4.69, 9.17) is 21.1 Å². The van der Waals surface area contributed by atoms with Crippen LogP contribution in [-0.2, 0) is 11.0 Å². The largest absolute Gasteiger partial charge is 0.493 e. The number of para-hydroxylation sites is 1. The average molecular weight is 514 g/mol. The molecule has 1 aliphatic rings. The number of carboxylic acids is 1. The van der Waals surface area contributed by atoms with E-state index in [0.29, 0.717) is 27.6 Å². The van der Waals surface area contributed by atoms with Crippen molar-refractivity contribution in [3.05, 3.63) is 64.2 Å². The number of nitrogens with zero attached hydrogens (tertiary/aromatic N) is 3. The van der Waals surface area contributed by atoms with Crippen LogP contribution in [0.1, 0.15) is 46.1 Å². The number of benzene rings is 2. The first-order chi connectivity index (χ1) is 16.2. The molecule has 0 amide bonds. The van der Waals surface area contributed by atoms with Crippen LogP contribution in [0.3, 0.4) is 0 Å². The van der Waals surface area contributed by atoms with Crippen LogP contribution in [0.4, 0.5) is 13.2 Å². The number of alkyl halides is 3. The maximum Gasteiger partial charge on any atom is 0.452 e. The molecule has 2 aromatic carbocycles. The first-order valence-corrected chi connectivity index (χ1v) is 11.4. The van der Waals surface area contributed by atoms with Gasteiger partial charge in [0.05, 0.1) is 30.4 Å². The Labute approximate surface area is 201 Å². The number of thioether (sulfide) groups is 1. The van der Waals surface area contributed by atoms with Crippen LogP contribution >= 0.6 is 23.4 Å². The molecule has 2 heterocycles. The van der Waals surface area contributed by atoms with Crippen molar-refractivity contribution in [1.29, 1.82) is 0 Å². The van der Waals surface area contributed by atoms with E-state index in [1.165, 1.54) is 38.1 Å². The molecule has 34 heavy (non-hydrogen) atoms. The molecule has 180 valence electrons. The summed E-state index contributed by atoms with van der Waals surface area (Å²) in [7, 11) is 2.96. The van der Waals surface area contributed by atoms with E-state index < -0.39 is 28.5 Å². The molecule has 0 fully saturated rings. The molecule has 1 aliphatic heterocycles. The third kappa shape index (κ3) is 4.41. The molecule has 0 saturated carbocycles. The lowest BCUT2D eigenvalue weighted by Crippen LogP contribution is -2.16. The van der Waals surface area contributed by atoms with Gasteiger partial charge in [-0.2, -0.15) is 13.2 Å². The molecule has 1 aromatic heterocycles. The summed E-state index contributed by atoms with van der Waals surface area (Å²) in [6.07, 6.45) is -5.00. The highest BCUT2D eigenvalue weighted by molar-refractivity contribution is 8.00. The average Bonchev–Trinajstić information content (AvgIpc) is 3.19. The molecule has 3 aromatic rings. The number of methoxy groups -OCH3 is 2. The van der Waals surface area contributed by atoms with Gasteiger partial charge in [-0.05, 0) is 36.2 Å². The molecule has 2 atom stereocenters. The zero-order valence-electron chi connectivity index (χ0n) is 18.0. The Kier molecular flexibility index (Phi) is 6.68. The Balaban J connectivity index is 2.00. The van der Waals surface area contributed by atoms with E-state index in [2.05, 4.69) is 10.2 Å². The molecule has 1 N–H and O–H groups in total. The van der Waals surface area contributed by atoms with Gasteiger partial charge in [0.2, 0.25) is 5.82 Å². The number of hydrogen-bond acceptors (Lipinski definition) is 6. The van der Waals surface area contributed by atoms with Gasteiger partial charge in [0.15, 0.2) is 17.3 Å². The maximum atomic E-state index is 13.9. The first-order valence-electron chi connectivity index (χ1n) is 10.1. The second-order valence-electron chi connectivity index (χ2n) is 7.44. The number of aliphatic carboxylic acids is 1. The van der Waals surface area contributed by atoms with Gasteiger partial charge >= 0.3 is 12.1 Å². The monoisotopic (exact) mass is 513 g/mol. The summed E-state index contributed by atoms with van der Waals surface area (Å²) in [6, 6.07) is 9.82. The van der Waals surface area contributed by atoms with Crippen molar-refractivity contribution in [1.82, 2.24) is 14.8 Å². The van der Waals surface area contributed by atoms with Crippen LogP contribution in [0.25, 0.3) is 5.69 Å². The van der Waals surface area contributed by atoms with Crippen LogP contribution in [0.15, 0.2) is 36.4 Å². The van der Waals surface area contributed by atoms with Gasteiger partial charge in [0.1, 0.15) is 0 Å². The van der Waals surface area contributed by atoms with E-state index in [-0.39, 0.29) is 24.4 Å². The summed E-state index contributed by atoms with van der Waals surface area (Å²) >= 11 is 7.55. The number of rotatable bonds is 6. The smallest absolute Gasteiger partial charge is 0.452 e. The SMILES string of the molecule is COc1cccc([C@@H]2S[C@@H](CCC(=O)O)c3nnc(C(F)(F)F)n3-c3ccc(Cl)cc32)c1OC. The molecule has 4 rings (SSSR count). The van der Waals surface area contributed by atoms with Gasteiger partial charge in [0, 0.05) is 17.0 Å². The van der Waals surface area contributed by atoms with Crippen molar-refractivity contribution in [2.24, 2.45) is 0 Å². The maximum absolute atomic E-state index is 13.9. The fraction of sp³-hybridized carbons (Fsp3) is 0.318. The Morgan fingerprint density at radius 2 is 1.94 bits per heavy atom. The summed E-state index contributed by atoms with van der Waals surface area (Å²) in [5.74, 6) is -1.37. The number of aromatic nitrogens is 3. The summed E-state index contributed by atoms with van der Waals surface area (Å²) in [5, 5.41) is 15.6. The third-order valence-corrected chi connectivity index (χ3v) is 7.17. The number of halogens is 4. The fourth-order valence-electron chi connectivity index (χ4n) is 3.97. The summed E-state index contributed by atoms with van der Waals surface area (Å²) < 4.78 is 53.7. The minimum atomic E-state index is -4.78. The highest BCUT2D eigenvalue weighted by Crippen LogP contribution is 2.54. The third-order valence-electron chi connectivity index (χ3n) is 5.38. The Morgan fingerprint density at radius 1 is 1.18 bits per heavy atom. The number of carbonyl (C=O) groups is 1. The van der Waals surface area contributed by atoms with Gasteiger partial charge in [-0.1, -0.05) is 23.7 Å². The summed E-state index contributed by atoms with van der Waals surface area (Å²) in [5.41, 5.74) is 1.33. The minimum Gasteiger partial charge on any atom is -0.493 e.